The molecule has 2 N–H and O–H groups in total. The molecule has 2 aromatic rings. The van der Waals surface area contributed by atoms with E-state index in [1.165, 1.54) is 11.1 Å². The van der Waals surface area contributed by atoms with E-state index in [1.54, 1.807) is 6.26 Å². The molecule has 1 aromatic heterocycles. The first-order chi connectivity index (χ1) is 11.3. The molecule has 1 atom stereocenters. The van der Waals surface area contributed by atoms with Gasteiger partial charge in [0.15, 0.2) is 0 Å². The second kappa shape index (κ2) is 7.33. The van der Waals surface area contributed by atoms with E-state index in [4.69, 9.17) is 4.42 Å². The number of benzene rings is 1. The van der Waals surface area contributed by atoms with E-state index in [1.807, 2.05) is 29.2 Å². The summed E-state index contributed by atoms with van der Waals surface area (Å²) >= 11 is 0. The Hall–Kier alpha value is -2.27. The Balaban J connectivity index is 1.51. The van der Waals surface area contributed by atoms with Crippen LogP contribution >= 0.6 is 0 Å². The van der Waals surface area contributed by atoms with E-state index in [0.717, 1.165) is 18.7 Å². The molecule has 0 radical (unpaired) electrons. The van der Waals surface area contributed by atoms with E-state index in [2.05, 4.69) is 17.4 Å². The van der Waals surface area contributed by atoms with Gasteiger partial charge >= 0.3 is 6.03 Å². The number of nitrogens with one attached hydrogen (secondary N) is 1. The van der Waals surface area contributed by atoms with Gasteiger partial charge in [-0.25, -0.2) is 4.79 Å². The second-order valence-electron chi connectivity index (χ2n) is 5.96. The maximum absolute atomic E-state index is 12.3. The Morgan fingerprint density at radius 2 is 2.09 bits per heavy atom. The molecule has 0 aliphatic carbocycles. The monoisotopic (exact) mass is 314 g/mol. The average Bonchev–Trinajstić information content (AvgIpc) is 3.11. The molecule has 5 nitrogen and oxygen atoms in total. The van der Waals surface area contributed by atoms with Gasteiger partial charge in [0.2, 0.25) is 0 Å². The van der Waals surface area contributed by atoms with E-state index in [-0.39, 0.29) is 18.6 Å². The molecule has 1 aliphatic rings. The molecule has 23 heavy (non-hydrogen) atoms. The minimum absolute atomic E-state index is 0.0177. The molecule has 0 saturated heterocycles. The quantitative estimate of drug-likeness (QED) is 0.889. The number of aliphatic hydroxyl groups excluding tert-OH is 1. The lowest BCUT2D eigenvalue weighted by atomic mass is 10.0. The zero-order valence-electron chi connectivity index (χ0n) is 13.1. The predicted octanol–water partition coefficient (Wildman–Crippen LogP) is 2.20. The zero-order valence-corrected chi connectivity index (χ0v) is 13.1. The fourth-order valence-electron chi connectivity index (χ4n) is 2.93. The standard InChI is InChI=1S/C18H22N2O3/c21-13-14(10-17-6-3-9-23-17)11-19-18(22)20-8-7-15-4-1-2-5-16(15)12-20/h1-6,9,14,21H,7-8,10-13H2,(H,19,22)/t14-/m1/s1. The summed E-state index contributed by atoms with van der Waals surface area (Å²) in [6.07, 6.45) is 3.12. The Morgan fingerprint density at radius 1 is 1.26 bits per heavy atom. The van der Waals surface area contributed by atoms with Crippen molar-refractivity contribution < 1.29 is 14.3 Å². The van der Waals surface area contributed by atoms with Crippen molar-refractivity contribution in [2.45, 2.75) is 19.4 Å². The number of furan rings is 1. The number of hydrogen-bond donors (Lipinski definition) is 2. The summed E-state index contributed by atoms with van der Waals surface area (Å²) < 4.78 is 5.29. The first kappa shape index (κ1) is 15.6. The van der Waals surface area contributed by atoms with Crippen molar-refractivity contribution in [3.8, 4) is 0 Å². The molecule has 5 heteroatoms. The highest BCUT2D eigenvalue weighted by molar-refractivity contribution is 5.74. The SMILES string of the molecule is O=C(NC[C@H](CO)Cc1ccco1)N1CCc2ccccc2C1. The highest BCUT2D eigenvalue weighted by Gasteiger charge is 2.21. The van der Waals surface area contributed by atoms with Gasteiger partial charge in [0, 0.05) is 38.6 Å². The van der Waals surface area contributed by atoms with Crippen LogP contribution in [0.5, 0.6) is 0 Å². The number of carbonyl (C=O) groups is 1. The number of carbonyl (C=O) groups excluding carboxylic acids is 1. The molecular weight excluding hydrogens is 292 g/mol. The summed E-state index contributed by atoms with van der Waals surface area (Å²) in [6, 6.07) is 11.9. The normalized spacial score (nSPS) is 15.1. The summed E-state index contributed by atoms with van der Waals surface area (Å²) in [5.74, 6) is 0.785. The largest absolute Gasteiger partial charge is 0.469 e. The zero-order chi connectivity index (χ0) is 16.1. The molecule has 2 amide bonds. The fourth-order valence-corrected chi connectivity index (χ4v) is 2.93. The van der Waals surface area contributed by atoms with Crippen LogP contribution in [0.25, 0.3) is 0 Å². The maximum Gasteiger partial charge on any atom is 0.317 e. The molecule has 1 aromatic carbocycles. The number of rotatable bonds is 5. The Kier molecular flexibility index (Phi) is 4.98. The van der Waals surface area contributed by atoms with Crippen molar-refractivity contribution >= 4 is 6.03 Å². The third-order valence-electron chi connectivity index (χ3n) is 4.29. The smallest absolute Gasteiger partial charge is 0.317 e. The lowest BCUT2D eigenvalue weighted by Crippen LogP contribution is -2.44. The van der Waals surface area contributed by atoms with E-state index in [0.29, 0.717) is 19.5 Å². The molecule has 2 heterocycles. The number of aliphatic hydroxyl groups is 1. The molecular formula is C18H22N2O3. The van der Waals surface area contributed by atoms with Gasteiger partial charge in [-0.15, -0.1) is 0 Å². The molecule has 122 valence electrons. The first-order valence-corrected chi connectivity index (χ1v) is 7.99. The van der Waals surface area contributed by atoms with Gasteiger partial charge in [-0.2, -0.15) is 0 Å². The van der Waals surface area contributed by atoms with Crippen molar-refractivity contribution in [2.24, 2.45) is 5.92 Å². The highest BCUT2D eigenvalue weighted by Crippen LogP contribution is 2.18. The minimum atomic E-state index is -0.0719. The van der Waals surface area contributed by atoms with Crippen molar-refractivity contribution in [1.29, 1.82) is 0 Å². The number of hydrogen-bond acceptors (Lipinski definition) is 3. The van der Waals surface area contributed by atoms with Crippen LogP contribution in [0.4, 0.5) is 4.79 Å². The van der Waals surface area contributed by atoms with Crippen molar-refractivity contribution in [1.82, 2.24) is 10.2 Å². The van der Waals surface area contributed by atoms with Gasteiger partial charge in [-0.05, 0) is 29.7 Å². The fraction of sp³-hybridized carbons (Fsp3) is 0.389. The molecule has 0 spiro atoms. The number of nitrogens with zero attached hydrogens (tertiary/aromatic N) is 1. The average molecular weight is 314 g/mol. The van der Waals surface area contributed by atoms with Gasteiger partial charge in [-0.1, -0.05) is 24.3 Å². The third-order valence-corrected chi connectivity index (χ3v) is 4.29. The molecule has 0 fully saturated rings. The summed E-state index contributed by atoms with van der Waals surface area (Å²) in [5, 5.41) is 12.4. The lowest BCUT2D eigenvalue weighted by molar-refractivity contribution is 0.181. The lowest BCUT2D eigenvalue weighted by Gasteiger charge is -2.29. The molecule has 1 aliphatic heterocycles. The predicted molar refractivity (Wildman–Crippen MR) is 86.9 cm³/mol. The Labute approximate surface area is 135 Å². The first-order valence-electron chi connectivity index (χ1n) is 7.99. The van der Waals surface area contributed by atoms with Crippen LogP contribution in [0.15, 0.2) is 47.1 Å². The number of urea groups is 1. The topological polar surface area (TPSA) is 65.7 Å². The number of fused-ring (bicyclic) bond motifs is 1. The van der Waals surface area contributed by atoms with Gasteiger partial charge < -0.3 is 19.7 Å². The maximum atomic E-state index is 12.3. The van der Waals surface area contributed by atoms with Gasteiger partial charge in [-0.3, -0.25) is 0 Å². The molecule has 0 unspecified atom stereocenters. The summed E-state index contributed by atoms with van der Waals surface area (Å²) in [5.41, 5.74) is 2.53. The van der Waals surface area contributed by atoms with Gasteiger partial charge in [0.25, 0.3) is 0 Å². The van der Waals surface area contributed by atoms with Crippen LogP contribution in [0.1, 0.15) is 16.9 Å². The van der Waals surface area contributed by atoms with E-state index >= 15 is 0 Å². The minimum Gasteiger partial charge on any atom is -0.469 e. The Bertz CT molecular complexity index is 639. The van der Waals surface area contributed by atoms with Crippen molar-refractivity contribution in [2.75, 3.05) is 19.7 Å². The third kappa shape index (κ3) is 3.93. The van der Waals surface area contributed by atoms with Crippen LogP contribution in [-0.2, 0) is 19.4 Å². The van der Waals surface area contributed by atoms with Crippen LogP contribution < -0.4 is 5.32 Å². The highest BCUT2D eigenvalue weighted by atomic mass is 16.3. The summed E-state index contributed by atoms with van der Waals surface area (Å²) in [4.78, 5) is 14.2. The van der Waals surface area contributed by atoms with E-state index < -0.39 is 0 Å². The summed E-state index contributed by atoms with van der Waals surface area (Å²) in [6.45, 7) is 1.83. The second-order valence-corrected chi connectivity index (χ2v) is 5.96. The number of amides is 2. The van der Waals surface area contributed by atoms with Crippen LogP contribution in [0.2, 0.25) is 0 Å². The molecule has 0 bridgehead atoms. The summed E-state index contributed by atoms with van der Waals surface area (Å²) in [7, 11) is 0. The van der Waals surface area contributed by atoms with Crippen LogP contribution in [-0.4, -0.2) is 35.7 Å². The van der Waals surface area contributed by atoms with E-state index in [9.17, 15) is 9.90 Å². The van der Waals surface area contributed by atoms with Crippen molar-refractivity contribution in [3.63, 3.8) is 0 Å². The van der Waals surface area contributed by atoms with Crippen LogP contribution in [0.3, 0.4) is 0 Å². The van der Waals surface area contributed by atoms with Crippen LogP contribution in [0, 0.1) is 5.92 Å². The molecule has 0 saturated carbocycles. The van der Waals surface area contributed by atoms with Gasteiger partial charge in [0.1, 0.15) is 5.76 Å². The van der Waals surface area contributed by atoms with Crippen molar-refractivity contribution in [3.05, 3.63) is 59.5 Å². The Morgan fingerprint density at radius 3 is 2.83 bits per heavy atom. The molecule has 3 rings (SSSR count). The van der Waals surface area contributed by atoms with Gasteiger partial charge in [0.05, 0.1) is 6.26 Å².